The third-order valence-electron chi connectivity index (χ3n) is 4.80. The van der Waals surface area contributed by atoms with Gasteiger partial charge in [-0.15, -0.1) is 0 Å². The molecule has 1 aliphatic carbocycles. The highest BCUT2D eigenvalue weighted by molar-refractivity contribution is 6.35. The van der Waals surface area contributed by atoms with Gasteiger partial charge in [0.2, 0.25) is 0 Å². The standard InChI is InChI=1S/C20H18N2O5/c23-19(24)18-9-12(27-22-18)10-21-20(25)26-11-17-15-7-3-1-5-13(15)14-6-2-4-8-16(14)17/h1-8,12,17H,9-11H2,(H,21,25)(H,23,24). The van der Waals surface area contributed by atoms with E-state index in [4.69, 9.17) is 14.7 Å². The Morgan fingerprint density at radius 2 is 1.74 bits per heavy atom. The lowest BCUT2D eigenvalue weighted by Crippen LogP contribution is -2.33. The summed E-state index contributed by atoms with van der Waals surface area (Å²) in [7, 11) is 0. The van der Waals surface area contributed by atoms with Crippen molar-refractivity contribution in [3.8, 4) is 11.1 Å². The van der Waals surface area contributed by atoms with Gasteiger partial charge in [-0.2, -0.15) is 0 Å². The smallest absolute Gasteiger partial charge is 0.407 e. The number of oxime groups is 1. The summed E-state index contributed by atoms with van der Waals surface area (Å²) >= 11 is 0. The van der Waals surface area contributed by atoms with Crippen molar-refractivity contribution in [2.45, 2.75) is 18.4 Å². The first-order valence-corrected chi connectivity index (χ1v) is 8.68. The van der Waals surface area contributed by atoms with Crippen LogP contribution in [0.2, 0.25) is 0 Å². The highest BCUT2D eigenvalue weighted by Crippen LogP contribution is 2.44. The average Bonchev–Trinajstić information content (AvgIpc) is 3.28. The van der Waals surface area contributed by atoms with Gasteiger partial charge in [0.15, 0.2) is 11.8 Å². The van der Waals surface area contributed by atoms with Crippen LogP contribution in [0.25, 0.3) is 11.1 Å². The zero-order valence-electron chi connectivity index (χ0n) is 14.4. The van der Waals surface area contributed by atoms with E-state index < -0.39 is 18.2 Å². The first-order valence-electron chi connectivity index (χ1n) is 8.68. The molecule has 4 rings (SSSR count). The van der Waals surface area contributed by atoms with Crippen LogP contribution >= 0.6 is 0 Å². The Morgan fingerprint density at radius 3 is 2.33 bits per heavy atom. The number of carbonyl (C=O) groups excluding carboxylic acids is 1. The molecule has 1 amide bonds. The number of alkyl carbamates (subject to hydrolysis) is 1. The maximum atomic E-state index is 12.1. The Hall–Kier alpha value is -3.35. The molecule has 0 fully saturated rings. The molecule has 0 aromatic heterocycles. The van der Waals surface area contributed by atoms with E-state index in [0.29, 0.717) is 0 Å². The van der Waals surface area contributed by atoms with E-state index in [2.05, 4.69) is 34.7 Å². The van der Waals surface area contributed by atoms with E-state index in [9.17, 15) is 9.59 Å². The molecule has 0 spiro atoms. The number of fused-ring (bicyclic) bond motifs is 3. The van der Waals surface area contributed by atoms with Crippen molar-refractivity contribution in [3.63, 3.8) is 0 Å². The minimum absolute atomic E-state index is 0.00664. The Kier molecular flexibility index (Phi) is 4.50. The second kappa shape index (κ2) is 7.11. The molecule has 2 N–H and O–H groups in total. The number of amides is 1. The fourth-order valence-corrected chi connectivity index (χ4v) is 3.51. The number of benzene rings is 2. The van der Waals surface area contributed by atoms with Crippen LogP contribution in [0, 0.1) is 0 Å². The highest BCUT2D eigenvalue weighted by atomic mass is 16.6. The monoisotopic (exact) mass is 366 g/mol. The van der Waals surface area contributed by atoms with Crippen molar-refractivity contribution in [1.82, 2.24) is 5.32 Å². The average molecular weight is 366 g/mol. The third-order valence-corrected chi connectivity index (χ3v) is 4.80. The molecule has 7 heteroatoms. The molecule has 0 radical (unpaired) electrons. The Bertz CT molecular complexity index is 879. The number of carbonyl (C=O) groups is 2. The quantitative estimate of drug-likeness (QED) is 0.848. The van der Waals surface area contributed by atoms with Gasteiger partial charge in [0.1, 0.15) is 6.61 Å². The minimum atomic E-state index is -1.11. The lowest BCUT2D eigenvalue weighted by atomic mass is 9.98. The van der Waals surface area contributed by atoms with Gasteiger partial charge in [-0.3, -0.25) is 0 Å². The summed E-state index contributed by atoms with van der Waals surface area (Å²) in [6.45, 7) is 0.360. The SMILES string of the molecule is O=C(NCC1CC(C(=O)O)=NO1)OCC1c2ccccc2-c2ccccc21. The number of ether oxygens (including phenoxy) is 1. The normalized spacial score (nSPS) is 17.5. The van der Waals surface area contributed by atoms with E-state index in [1.165, 1.54) is 11.1 Å². The molecule has 7 nitrogen and oxygen atoms in total. The molecule has 2 aliphatic rings. The fraction of sp³-hybridized carbons (Fsp3) is 0.250. The number of aliphatic carboxylic acids is 1. The molecule has 1 unspecified atom stereocenters. The molecule has 138 valence electrons. The van der Waals surface area contributed by atoms with Gasteiger partial charge in [-0.05, 0) is 22.3 Å². The molecular weight excluding hydrogens is 348 g/mol. The molecule has 1 aliphatic heterocycles. The summed E-state index contributed by atoms with van der Waals surface area (Å²) in [5.41, 5.74) is 4.57. The molecule has 1 atom stereocenters. The van der Waals surface area contributed by atoms with Crippen LogP contribution in [0.5, 0.6) is 0 Å². The third kappa shape index (κ3) is 3.36. The molecule has 0 bridgehead atoms. The summed E-state index contributed by atoms with van der Waals surface area (Å²) in [5.74, 6) is -1.12. The van der Waals surface area contributed by atoms with Crippen LogP contribution in [0.1, 0.15) is 23.5 Å². The predicted octanol–water partition coefficient (Wildman–Crippen LogP) is 2.75. The van der Waals surface area contributed by atoms with E-state index >= 15 is 0 Å². The van der Waals surface area contributed by atoms with Crippen molar-refractivity contribution in [1.29, 1.82) is 0 Å². The fourth-order valence-electron chi connectivity index (χ4n) is 3.51. The number of nitrogens with zero attached hydrogens (tertiary/aromatic N) is 1. The van der Waals surface area contributed by atoms with Crippen LogP contribution in [-0.4, -0.2) is 42.1 Å². The second-order valence-electron chi connectivity index (χ2n) is 6.48. The van der Waals surface area contributed by atoms with Gasteiger partial charge >= 0.3 is 12.1 Å². The van der Waals surface area contributed by atoms with Crippen molar-refractivity contribution in [2.24, 2.45) is 5.16 Å². The van der Waals surface area contributed by atoms with Gasteiger partial charge < -0.3 is 20.0 Å². The molecule has 2 aromatic rings. The summed E-state index contributed by atoms with van der Waals surface area (Å²) in [6, 6.07) is 16.2. The molecule has 2 aromatic carbocycles. The number of hydrogen-bond acceptors (Lipinski definition) is 5. The molecule has 1 heterocycles. The minimum Gasteiger partial charge on any atom is -0.477 e. The van der Waals surface area contributed by atoms with Crippen molar-refractivity contribution in [3.05, 3.63) is 59.7 Å². The summed E-state index contributed by atoms with van der Waals surface area (Å²) in [4.78, 5) is 27.9. The van der Waals surface area contributed by atoms with Gasteiger partial charge in [-0.1, -0.05) is 53.7 Å². The van der Waals surface area contributed by atoms with Crippen molar-refractivity contribution >= 4 is 17.8 Å². The number of nitrogens with one attached hydrogen (secondary N) is 1. The number of carboxylic acid groups (broad SMARTS) is 1. The molecular formula is C20H18N2O5. The van der Waals surface area contributed by atoms with E-state index in [0.717, 1.165) is 11.1 Å². The maximum Gasteiger partial charge on any atom is 0.407 e. The number of rotatable bonds is 5. The molecule has 0 saturated carbocycles. The Morgan fingerprint density at radius 1 is 1.11 bits per heavy atom. The second-order valence-corrected chi connectivity index (χ2v) is 6.48. The first-order chi connectivity index (χ1) is 13.1. The maximum absolute atomic E-state index is 12.1. The lowest BCUT2D eigenvalue weighted by Gasteiger charge is -2.15. The van der Waals surface area contributed by atoms with Crippen molar-refractivity contribution < 1.29 is 24.3 Å². The van der Waals surface area contributed by atoms with Crippen LogP contribution in [0.15, 0.2) is 53.7 Å². The van der Waals surface area contributed by atoms with Crippen LogP contribution in [0.4, 0.5) is 4.79 Å². The highest BCUT2D eigenvalue weighted by Gasteiger charge is 2.29. The summed E-state index contributed by atoms with van der Waals surface area (Å²) < 4.78 is 5.41. The number of carboxylic acids is 1. The largest absolute Gasteiger partial charge is 0.477 e. The topological polar surface area (TPSA) is 97.2 Å². The molecule has 27 heavy (non-hydrogen) atoms. The van der Waals surface area contributed by atoms with Gasteiger partial charge in [-0.25, -0.2) is 9.59 Å². The zero-order chi connectivity index (χ0) is 18.8. The van der Waals surface area contributed by atoms with Gasteiger partial charge in [0, 0.05) is 12.3 Å². The van der Waals surface area contributed by atoms with E-state index in [1.807, 2.05) is 24.3 Å². The zero-order valence-corrected chi connectivity index (χ0v) is 14.4. The van der Waals surface area contributed by atoms with E-state index in [-0.39, 0.29) is 31.2 Å². The Labute approximate surface area is 155 Å². The predicted molar refractivity (Wildman–Crippen MR) is 97.6 cm³/mol. The van der Waals surface area contributed by atoms with Crippen LogP contribution in [-0.2, 0) is 14.4 Å². The van der Waals surface area contributed by atoms with Gasteiger partial charge in [0.05, 0.1) is 6.54 Å². The summed E-state index contributed by atoms with van der Waals surface area (Å²) in [5, 5.41) is 14.9. The van der Waals surface area contributed by atoms with Crippen LogP contribution in [0.3, 0.4) is 0 Å². The molecule has 0 saturated heterocycles. The summed E-state index contributed by atoms with van der Waals surface area (Å²) in [6.07, 6.45) is -0.903. The lowest BCUT2D eigenvalue weighted by molar-refractivity contribution is -0.129. The van der Waals surface area contributed by atoms with E-state index in [1.54, 1.807) is 0 Å². The first kappa shape index (κ1) is 17.1. The van der Waals surface area contributed by atoms with Crippen LogP contribution < -0.4 is 5.32 Å². The number of hydrogen-bond donors (Lipinski definition) is 2. The Balaban J connectivity index is 1.34. The van der Waals surface area contributed by atoms with Crippen molar-refractivity contribution in [2.75, 3.05) is 13.2 Å². The van der Waals surface area contributed by atoms with Gasteiger partial charge in [0.25, 0.3) is 0 Å².